The molecule has 0 aliphatic heterocycles. The third-order valence-electron chi connectivity index (χ3n) is 2.18. The van der Waals surface area contributed by atoms with E-state index in [2.05, 4.69) is 10.2 Å². The fourth-order valence-corrected chi connectivity index (χ4v) is 0.615. The van der Waals surface area contributed by atoms with Gasteiger partial charge >= 0.3 is 0 Å². The van der Waals surface area contributed by atoms with Crippen molar-refractivity contribution in [1.29, 1.82) is 0 Å². The topological polar surface area (TPSA) is 51.9 Å². The van der Waals surface area contributed by atoms with Gasteiger partial charge < -0.3 is 19.6 Å². The minimum absolute atomic E-state index is 0.194. The lowest BCUT2D eigenvalue weighted by molar-refractivity contribution is -0.110. The van der Waals surface area contributed by atoms with E-state index in [0.29, 0.717) is 19.5 Å². The molecule has 0 aliphatic rings. The van der Waals surface area contributed by atoms with Crippen LogP contribution in [0.15, 0.2) is 0 Å². The van der Waals surface area contributed by atoms with Crippen LogP contribution in [-0.4, -0.2) is 50.3 Å². The Morgan fingerprint density at radius 3 is 1.75 bits per heavy atom. The summed E-state index contributed by atoms with van der Waals surface area (Å²) in [6.07, 6.45) is 0.667. The minimum atomic E-state index is -0.262. The van der Waals surface area contributed by atoms with Gasteiger partial charge in [0.05, 0.1) is 10.9 Å². The molecule has 0 rings (SSSR count). The molecule has 0 saturated carbocycles. The molecule has 0 fully saturated rings. The number of alkyl halides is 2. The number of carbonyl (C=O) groups excluding carboxylic acids is 1. The number of amides is 1. The molecule has 0 saturated heterocycles. The SMILES string of the molecule is COC(C)(C)CNC=O.ClCCl.[C-]#[N+]CC(C)(C)OC. The number of methoxy groups -OCH3 is 2. The summed E-state index contributed by atoms with van der Waals surface area (Å²) >= 11 is 9.53. The lowest BCUT2D eigenvalue weighted by Crippen LogP contribution is -2.35. The van der Waals surface area contributed by atoms with E-state index in [1.54, 1.807) is 14.2 Å². The van der Waals surface area contributed by atoms with Crippen molar-refractivity contribution in [3.05, 3.63) is 11.4 Å². The normalized spacial score (nSPS) is 10.2. The van der Waals surface area contributed by atoms with Crippen molar-refractivity contribution in [3.8, 4) is 0 Å². The number of hydrogen-bond donors (Lipinski definition) is 1. The molecule has 0 aromatic rings. The number of halogens is 2. The first-order chi connectivity index (χ1) is 9.16. The van der Waals surface area contributed by atoms with Crippen molar-refractivity contribution in [2.45, 2.75) is 38.9 Å². The molecule has 0 heterocycles. The van der Waals surface area contributed by atoms with E-state index in [0.717, 1.165) is 0 Å². The highest BCUT2D eigenvalue weighted by Gasteiger charge is 2.18. The molecule has 0 spiro atoms. The largest absolute Gasteiger partial charge is 0.377 e. The lowest BCUT2D eigenvalue weighted by atomic mass is 10.1. The predicted molar refractivity (Wildman–Crippen MR) is 84.3 cm³/mol. The molecule has 1 amide bonds. The summed E-state index contributed by atoms with van der Waals surface area (Å²) in [5, 5.41) is 2.73. The minimum Gasteiger partial charge on any atom is -0.377 e. The molecule has 7 heteroatoms. The summed E-state index contributed by atoms with van der Waals surface area (Å²) in [6.45, 7) is 15.1. The summed E-state index contributed by atoms with van der Waals surface area (Å²) in [6, 6.07) is 0. The Balaban J connectivity index is -0.000000243. The van der Waals surface area contributed by atoms with Crippen LogP contribution in [-0.2, 0) is 14.3 Å². The standard InChI is InChI=1S/C6H13NO2.C6H11NO.CH2Cl2/c1-6(2,9-3)4-7-5-8;1-6(2,8-4)5-7-3;2-1-3/h5H,4H2,1-3H3,(H,7,8);5H2,1-2,4H3;1H2. The van der Waals surface area contributed by atoms with Gasteiger partial charge in [0.25, 0.3) is 0 Å². The van der Waals surface area contributed by atoms with Crippen molar-refractivity contribution in [3.63, 3.8) is 0 Å². The Morgan fingerprint density at radius 2 is 1.55 bits per heavy atom. The molecule has 20 heavy (non-hydrogen) atoms. The quantitative estimate of drug-likeness (QED) is 0.463. The number of nitrogens with zero attached hydrogens (tertiary/aromatic N) is 1. The van der Waals surface area contributed by atoms with Crippen LogP contribution in [0.3, 0.4) is 0 Å². The number of carbonyl (C=O) groups is 1. The maximum Gasteiger partial charge on any atom is 0.242 e. The molecule has 0 unspecified atom stereocenters. The molecule has 0 atom stereocenters. The average molecular weight is 329 g/mol. The molecular formula is C13H26Cl2N2O3. The Hall–Kier alpha value is -0.540. The Bertz CT molecular complexity index is 267. The van der Waals surface area contributed by atoms with Crippen LogP contribution in [0.25, 0.3) is 4.85 Å². The first-order valence-electron chi connectivity index (χ1n) is 5.88. The van der Waals surface area contributed by atoms with Gasteiger partial charge in [-0.25, -0.2) is 6.57 Å². The maximum absolute atomic E-state index is 9.80. The van der Waals surface area contributed by atoms with Gasteiger partial charge in [-0.15, -0.1) is 23.2 Å². The second-order valence-corrected chi connectivity index (χ2v) is 5.65. The average Bonchev–Trinajstić information content (AvgIpc) is 2.38. The summed E-state index contributed by atoms with van der Waals surface area (Å²) in [4.78, 5) is 13.0. The van der Waals surface area contributed by atoms with Gasteiger partial charge in [0, 0.05) is 20.8 Å². The van der Waals surface area contributed by atoms with Crippen molar-refractivity contribution in [2.24, 2.45) is 0 Å². The van der Waals surface area contributed by atoms with Crippen molar-refractivity contribution in [2.75, 3.05) is 32.6 Å². The summed E-state index contributed by atoms with van der Waals surface area (Å²) in [7, 11) is 3.23. The maximum atomic E-state index is 9.80. The highest BCUT2D eigenvalue weighted by atomic mass is 35.5. The number of ether oxygens (including phenoxy) is 2. The third-order valence-corrected chi connectivity index (χ3v) is 2.18. The summed E-state index contributed by atoms with van der Waals surface area (Å²) in [5.74, 6) is 0. The number of nitrogens with one attached hydrogen (secondary N) is 1. The molecule has 1 N–H and O–H groups in total. The van der Waals surface area contributed by atoms with Crippen molar-refractivity contribution < 1.29 is 14.3 Å². The van der Waals surface area contributed by atoms with E-state index in [-0.39, 0.29) is 16.5 Å². The summed E-state index contributed by atoms with van der Waals surface area (Å²) < 4.78 is 9.98. The van der Waals surface area contributed by atoms with Crippen LogP contribution in [0.4, 0.5) is 0 Å². The van der Waals surface area contributed by atoms with Gasteiger partial charge in [-0.1, -0.05) is 0 Å². The molecule has 0 bridgehead atoms. The van der Waals surface area contributed by atoms with E-state index in [1.165, 1.54) is 0 Å². The smallest absolute Gasteiger partial charge is 0.242 e. The van der Waals surface area contributed by atoms with Gasteiger partial charge in [-0.3, -0.25) is 4.79 Å². The van der Waals surface area contributed by atoms with E-state index in [4.69, 9.17) is 39.2 Å². The lowest BCUT2D eigenvalue weighted by Gasteiger charge is -2.21. The van der Waals surface area contributed by atoms with Gasteiger partial charge in [0.1, 0.15) is 5.60 Å². The first-order valence-corrected chi connectivity index (χ1v) is 6.95. The van der Waals surface area contributed by atoms with Crippen LogP contribution in [0.2, 0.25) is 0 Å². The number of hydrogen-bond acceptors (Lipinski definition) is 3. The fourth-order valence-electron chi connectivity index (χ4n) is 0.615. The molecule has 0 aromatic carbocycles. The highest BCUT2D eigenvalue weighted by molar-refractivity contribution is 6.40. The molecule has 5 nitrogen and oxygen atoms in total. The Labute approximate surface area is 132 Å². The van der Waals surface area contributed by atoms with Crippen LogP contribution >= 0.6 is 23.2 Å². The Morgan fingerprint density at radius 1 is 1.15 bits per heavy atom. The van der Waals surface area contributed by atoms with Gasteiger partial charge in [-0.2, -0.15) is 0 Å². The molecule has 120 valence electrons. The second kappa shape index (κ2) is 14.9. The molecule has 0 aromatic heterocycles. The molecule has 0 radical (unpaired) electrons. The van der Waals surface area contributed by atoms with E-state index in [9.17, 15) is 4.79 Å². The zero-order chi connectivity index (χ0) is 16.7. The fraction of sp³-hybridized carbons (Fsp3) is 0.846. The monoisotopic (exact) mass is 328 g/mol. The van der Waals surface area contributed by atoms with E-state index >= 15 is 0 Å². The zero-order valence-electron chi connectivity index (χ0n) is 13.1. The Kier molecular flexibility index (Phi) is 18.2. The molecule has 0 aliphatic carbocycles. The van der Waals surface area contributed by atoms with Gasteiger partial charge in [0.15, 0.2) is 0 Å². The summed E-state index contributed by atoms with van der Waals surface area (Å²) in [5.41, 5.74) is -0.511. The van der Waals surface area contributed by atoms with E-state index in [1.807, 2.05) is 27.7 Å². The molecular weight excluding hydrogens is 303 g/mol. The zero-order valence-corrected chi connectivity index (χ0v) is 14.6. The number of rotatable bonds is 6. The predicted octanol–water partition coefficient (Wildman–Crippen LogP) is 2.91. The van der Waals surface area contributed by atoms with E-state index < -0.39 is 0 Å². The highest BCUT2D eigenvalue weighted by Crippen LogP contribution is 2.06. The van der Waals surface area contributed by atoms with Crippen LogP contribution in [0, 0.1) is 6.57 Å². The van der Waals surface area contributed by atoms with Crippen molar-refractivity contribution >= 4 is 29.6 Å². The first kappa shape index (κ1) is 24.5. The van der Waals surface area contributed by atoms with Crippen LogP contribution in [0.5, 0.6) is 0 Å². The van der Waals surface area contributed by atoms with Crippen LogP contribution in [0.1, 0.15) is 27.7 Å². The van der Waals surface area contributed by atoms with Gasteiger partial charge in [-0.05, 0) is 27.7 Å². The van der Waals surface area contributed by atoms with Gasteiger partial charge in [0.2, 0.25) is 13.0 Å². The second-order valence-electron chi connectivity index (χ2n) is 4.84. The van der Waals surface area contributed by atoms with Crippen LogP contribution < -0.4 is 5.32 Å². The third kappa shape index (κ3) is 22.6. The van der Waals surface area contributed by atoms with Crippen molar-refractivity contribution in [1.82, 2.24) is 5.32 Å².